The van der Waals surface area contributed by atoms with Crippen molar-refractivity contribution in [3.8, 4) is 0 Å². The van der Waals surface area contributed by atoms with Gasteiger partial charge in [-0.25, -0.2) is 38.4 Å². The first-order chi connectivity index (χ1) is 19.7. The zero-order chi connectivity index (χ0) is 32.6. The second-order valence-electron chi connectivity index (χ2n) is 8.11. The van der Waals surface area contributed by atoms with Gasteiger partial charge in [0.25, 0.3) is 0 Å². The summed E-state index contributed by atoms with van der Waals surface area (Å²) in [6.45, 7) is 1.36. The molecule has 0 atom stereocenters. The van der Waals surface area contributed by atoms with Crippen LogP contribution in [0.15, 0.2) is 33.4 Å². The van der Waals surface area contributed by atoms with E-state index < -0.39 is 96.5 Å². The van der Waals surface area contributed by atoms with Gasteiger partial charge in [-0.15, -0.1) is 0 Å². The molecule has 0 spiro atoms. The Balaban J connectivity index is 7.63. The van der Waals surface area contributed by atoms with E-state index in [2.05, 4.69) is 18.9 Å². The lowest BCUT2D eigenvalue weighted by Crippen LogP contribution is -2.29. The van der Waals surface area contributed by atoms with Crippen LogP contribution in [0.1, 0.15) is 27.7 Å². The van der Waals surface area contributed by atoms with Crippen LogP contribution in [0, 0.1) is 0 Å². The monoisotopic (exact) mass is 600 g/mol. The van der Waals surface area contributed by atoms with Gasteiger partial charge in [0.15, 0.2) is 26.4 Å². The molecule has 0 saturated carbocycles. The molecular formula is C26H32O16. The van der Waals surface area contributed by atoms with Crippen molar-refractivity contribution in [1.29, 1.82) is 0 Å². The van der Waals surface area contributed by atoms with E-state index >= 15 is 0 Å². The summed E-state index contributed by atoms with van der Waals surface area (Å²) >= 11 is 0. The summed E-state index contributed by atoms with van der Waals surface area (Å²) in [4.78, 5) is 99.8. The molecule has 0 unspecified atom stereocenters. The summed E-state index contributed by atoms with van der Waals surface area (Å²) in [5.41, 5.74) is -3.37. The van der Waals surface area contributed by atoms with Gasteiger partial charge >= 0.3 is 47.8 Å². The fourth-order valence-corrected chi connectivity index (χ4v) is 2.79. The predicted octanol–water partition coefficient (Wildman–Crippen LogP) is -0.179. The molecular weight excluding hydrogens is 568 g/mol. The number of esters is 8. The molecule has 232 valence electrons. The van der Waals surface area contributed by atoms with Crippen molar-refractivity contribution < 1.29 is 76.3 Å². The highest BCUT2D eigenvalue weighted by molar-refractivity contribution is 6.18. The molecule has 0 aliphatic rings. The van der Waals surface area contributed by atoms with Crippen molar-refractivity contribution in [2.45, 2.75) is 27.7 Å². The molecule has 0 amide bonds. The average Bonchev–Trinajstić information content (AvgIpc) is 2.96. The highest BCUT2D eigenvalue weighted by Gasteiger charge is 2.37. The van der Waals surface area contributed by atoms with Gasteiger partial charge in [0.05, 0.1) is 50.7 Å². The van der Waals surface area contributed by atoms with E-state index in [1.165, 1.54) is 27.7 Å². The molecule has 0 aliphatic heterocycles. The predicted molar refractivity (Wildman–Crippen MR) is 136 cm³/mol. The Morgan fingerprint density at radius 2 is 0.548 bits per heavy atom. The van der Waals surface area contributed by atoms with Crippen molar-refractivity contribution in [2.24, 2.45) is 0 Å². The van der Waals surface area contributed by atoms with Gasteiger partial charge in [0.1, 0.15) is 0 Å². The van der Waals surface area contributed by atoms with E-state index in [1.54, 1.807) is 0 Å². The van der Waals surface area contributed by atoms with E-state index in [9.17, 15) is 38.4 Å². The number of hydrogen-bond donors (Lipinski definition) is 0. The van der Waals surface area contributed by atoms with Gasteiger partial charge in [0, 0.05) is 0 Å². The highest BCUT2D eigenvalue weighted by atomic mass is 16.6. The van der Waals surface area contributed by atoms with Crippen molar-refractivity contribution in [3.05, 3.63) is 33.4 Å². The lowest BCUT2D eigenvalue weighted by atomic mass is 9.90. The second-order valence-corrected chi connectivity index (χ2v) is 8.11. The standard InChI is InChI=1S/C26H32O16/c1-13(2)19(23(31)39-9-15(27)35-5)21(25(33)41-11-17(29)37-7)22(26(34)42-12-18(30)38-8)20(14(3)4)24(32)40-10-16(28)36-6/h9-12H2,1-8H3/b22-21-. The summed E-state index contributed by atoms with van der Waals surface area (Å²) in [6, 6.07) is 0. The zero-order valence-corrected chi connectivity index (χ0v) is 24.4. The van der Waals surface area contributed by atoms with Gasteiger partial charge in [-0.3, -0.25) is 0 Å². The number of ether oxygens (including phenoxy) is 8. The van der Waals surface area contributed by atoms with Gasteiger partial charge in [-0.1, -0.05) is 11.1 Å². The van der Waals surface area contributed by atoms with Gasteiger partial charge in [-0.05, 0) is 27.7 Å². The third-order valence-electron chi connectivity index (χ3n) is 4.76. The summed E-state index contributed by atoms with van der Waals surface area (Å²) in [5, 5.41) is 0. The molecule has 0 rings (SSSR count). The van der Waals surface area contributed by atoms with E-state index in [4.69, 9.17) is 18.9 Å². The number of carbonyl (C=O) groups excluding carboxylic acids is 8. The minimum Gasteiger partial charge on any atom is -0.466 e. The number of methoxy groups -OCH3 is 4. The Hall–Kier alpha value is -5.02. The lowest BCUT2D eigenvalue weighted by molar-refractivity contribution is -0.157. The van der Waals surface area contributed by atoms with Crippen molar-refractivity contribution >= 4 is 47.8 Å². The first-order valence-electron chi connectivity index (χ1n) is 11.7. The normalized spacial score (nSPS) is 10.5. The summed E-state index contributed by atoms with van der Waals surface area (Å²) in [5.74, 6) is -9.82. The van der Waals surface area contributed by atoms with Crippen LogP contribution in [-0.2, 0) is 76.3 Å². The van der Waals surface area contributed by atoms with Gasteiger partial charge in [-0.2, -0.15) is 0 Å². The highest BCUT2D eigenvalue weighted by Crippen LogP contribution is 2.30. The van der Waals surface area contributed by atoms with Crippen molar-refractivity contribution in [3.63, 3.8) is 0 Å². The van der Waals surface area contributed by atoms with Crippen molar-refractivity contribution in [2.75, 3.05) is 54.9 Å². The summed E-state index contributed by atoms with van der Waals surface area (Å²) in [6.07, 6.45) is 0. The second kappa shape index (κ2) is 18.4. The molecule has 0 radical (unpaired) electrons. The Bertz CT molecular complexity index is 1100. The number of allylic oxidation sites excluding steroid dienone is 2. The minimum absolute atomic E-state index is 0.0100. The van der Waals surface area contributed by atoms with Crippen LogP contribution in [0.2, 0.25) is 0 Å². The summed E-state index contributed by atoms with van der Waals surface area (Å²) < 4.78 is 37.4. The molecule has 0 heterocycles. The third-order valence-corrected chi connectivity index (χ3v) is 4.76. The van der Waals surface area contributed by atoms with E-state index in [0.717, 1.165) is 28.4 Å². The molecule has 0 aromatic heterocycles. The van der Waals surface area contributed by atoms with Gasteiger partial charge < -0.3 is 37.9 Å². The van der Waals surface area contributed by atoms with Crippen LogP contribution in [0.4, 0.5) is 0 Å². The molecule has 0 fully saturated rings. The van der Waals surface area contributed by atoms with E-state index in [0.29, 0.717) is 0 Å². The largest absolute Gasteiger partial charge is 0.466 e. The van der Waals surface area contributed by atoms with E-state index in [1.807, 2.05) is 0 Å². The average molecular weight is 601 g/mol. The third kappa shape index (κ3) is 11.6. The number of carbonyl (C=O) groups is 8. The quantitative estimate of drug-likeness (QED) is 0.109. The maximum absolute atomic E-state index is 13.4. The number of rotatable bonds is 14. The van der Waals surface area contributed by atoms with Crippen LogP contribution in [0.3, 0.4) is 0 Å². The Morgan fingerprint density at radius 1 is 0.357 bits per heavy atom. The molecule has 16 heteroatoms. The molecule has 0 bridgehead atoms. The van der Waals surface area contributed by atoms with Crippen LogP contribution >= 0.6 is 0 Å². The summed E-state index contributed by atoms with van der Waals surface area (Å²) in [7, 11) is 4.02. The minimum atomic E-state index is -1.53. The van der Waals surface area contributed by atoms with E-state index in [-0.39, 0.29) is 11.1 Å². The molecule has 0 N–H and O–H groups in total. The molecule has 0 aliphatic carbocycles. The lowest BCUT2D eigenvalue weighted by Gasteiger charge is -2.19. The topological polar surface area (TPSA) is 210 Å². The maximum Gasteiger partial charge on any atom is 0.344 e. The Morgan fingerprint density at radius 3 is 0.714 bits per heavy atom. The fraction of sp³-hybridized carbons (Fsp3) is 0.462. The SMILES string of the molecule is COC(=O)COC(=O)C(=C(C)C)/C(C(=O)OCC(=O)OC)=C(/C(=O)OCC(=O)OC)C(C(=O)OCC(=O)OC)=C(C)C. The molecule has 0 aromatic rings. The first-order valence-corrected chi connectivity index (χ1v) is 11.7. The number of hydrogen-bond acceptors (Lipinski definition) is 16. The first kappa shape index (κ1) is 37.0. The van der Waals surface area contributed by atoms with Gasteiger partial charge in [0.2, 0.25) is 0 Å². The van der Waals surface area contributed by atoms with Crippen LogP contribution in [0.5, 0.6) is 0 Å². The molecule has 16 nitrogen and oxygen atoms in total. The molecule has 42 heavy (non-hydrogen) atoms. The molecule has 0 saturated heterocycles. The smallest absolute Gasteiger partial charge is 0.344 e. The Labute approximate surface area is 240 Å². The van der Waals surface area contributed by atoms with Crippen molar-refractivity contribution in [1.82, 2.24) is 0 Å². The zero-order valence-electron chi connectivity index (χ0n) is 24.4. The molecule has 0 aromatic carbocycles. The van der Waals surface area contributed by atoms with Crippen LogP contribution in [-0.4, -0.2) is 103 Å². The fourth-order valence-electron chi connectivity index (χ4n) is 2.79. The Kier molecular flexibility index (Phi) is 16.2. The van der Waals surface area contributed by atoms with Crippen LogP contribution < -0.4 is 0 Å². The maximum atomic E-state index is 13.4. The van der Waals surface area contributed by atoms with Crippen LogP contribution in [0.25, 0.3) is 0 Å².